The Labute approximate surface area is 142 Å². The number of aliphatic imine (C=N–C) groups is 1. The number of anilines is 1. The van der Waals surface area contributed by atoms with Crippen molar-refractivity contribution in [3.63, 3.8) is 0 Å². The van der Waals surface area contributed by atoms with Gasteiger partial charge in [0.15, 0.2) is 5.96 Å². The largest absolute Gasteiger partial charge is 0.462 e. The van der Waals surface area contributed by atoms with Crippen molar-refractivity contribution in [2.75, 3.05) is 11.9 Å². The van der Waals surface area contributed by atoms with E-state index in [0.717, 1.165) is 11.3 Å². The molecule has 0 spiro atoms. The lowest BCUT2D eigenvalue weighted by molar-refractivity contribution is 0.0526. The summed E-state index contributed by atoms with van der Waals surface area (Å²) in [5.74, 6) is 0.0381. The highest BCUT2D eigenvalue weighted by atomic mass is 16.5. The van der Waals surface area contributed by atoms with Gasteiger partial charge in [-0.1, -0.05) is 18.2 Å². The highest BCUT2D eigenvalue weighted by Crippen LogP contribution is 2.14. The number of hydrogen-bond acceptors (Lipinski definition) is 3. The molecule has 0 unspecified atom stereocenters. The van der Waals surface area contributed by atoms with Crippen LogP contribution in [0.4, 0.5) is 5.69 Å². The fourth-order valence-corrected chi connectivity index (χ4v) is 2.14. The first-order valence-corrected chi connectivity index (χ1v) is 7.90. The van der Waals surface area contributed by atoms with E-state index >= 15 is 0 Å². The van der Waals surface area contributed by atoms with Crippen molar-refractivity contribution in [1.82, 2.24) is 0 Å². The smallest absolute Gasteiger partial charge is 0.338 e. The van der Waals surface area contributed by atoms with E-state index in [1.165, 1.54) is 11.1 Å². The quantitative estimate of drug-likeness (QED) is 0.502. The molecule has 5 heteroatoms. The number of ether oxygens (including phenoxy) is 1. The van der Waals surface area contributed by atoms with E-state index in [9.17, 15) is 4.79 Å². The molecule has 2 aromatic rings. The lowest BCUT2D eigenvalue weighted by Crippen LogP contribution is -2.22. The van der Waals surface area contributed by atoms with E-state index in [-0.39, 0.29) is 5.97 Å². The first-order chi connectivity index (χ1) is 11.5. The molecule has 0 fully saturated rings. The van der Waals surface area contributed by atoms with Crippen LogP contribution < -0.4 is 11.1 Å². The van der Waals surface area contributed by atoms with Gasteiger partial charge in [0, 0.05) is 5.69 Å². The zero-order valence-corrected chi connectivity index (χ0v) is 14.3. The SMILES string of the molecule is CCOC(=O)c1ccc(CN=C(N)Nc2ccc(C)c(C)c2)cc1. The molecule has 0 saturated carbocycles. The number of guanidine groups is 1. The predicted octanol–water partition coefficient (Wildman–Crippen LogP) is 3.41. The highest BCUT2D eigenvalue weighted by molar-refractivity contribution is 5.92. The van der Waals surface area contributed by atoms with Gasteiger partial charge < -0.3 is 15.8 Å². The average Bonchev–Trinajstić information content (AvgIpc) is 2.57. The fourth-order valence-electron chi connectivity index (χ4n) is 2.14. The number of esters is 1. The summed E-state index contributed by atoms with van der Waals surface area (Å²) < 4.78 is 4.95. The van der Waals surface area contributed by atoms with Crippen molar-refractivity contribution < 1.29 is 9.53 Å². The topological polar surface area (TPSA) is 76.7 Å². The van der Waals surface area contributed by atoms with Gasteiger partial charge in [-0.3, -0.25) is 0 Å². The van der Waals surface area contributed by atoms with Gasteiger partial charge in [-0.2, -0.15) is 0 Å². The molecule has 0 saturated heterocycles. The molecule has 0 bridgehead atoms. The first kappa shape index (κ1) is 17.5. The molecule has 0 aromatic heterocycles. The monoisotopic (exact) mass is 325 g/mol. The minimum absolute atomic E-state index is 0.316. The summed E-state index contributed by atoms with van der Waals surface area (Å²) in [5, 5.41) is 3.08. The maximum absolute atomic E-state index is 11.6. The Kier molecular flexibility index (Phi) is 5.95. The van der Waals surface area contributed by atoms with Crippen LogP contribution in [0.3, 0.4) is 0 Å². The molecule has 0 aliphatic rings. The third kappa shape index (κ3) is 4.84. The van der Waals surface area contributed by atoms with Gasteiger partial charge in [-0.05, 0) is 61.7 Å². The van der Waals surface area contributed by atoms with E-state index in [2.05, 4.69) is 24.2 Å². The molecule has 0 aliphatic carbocycles. The van der Waals surface area contributed by atoms with Crippen LogP contribution in [-0.2, 0) is 11.3 Å². The standard InChI is InChI=1S/C19H23N3O2/c1-4-24-18(23)16-8-6-15(7-9-16)12-21-19(20)22-17-10-5-13(2)14(3)11-17/h5-11H,4,12H2,1-3H3,(H3,20,21,22). The lowest BCUT2D eigenvalue weighted by Gasteiger charge is -2.08. The maximum Gasteiger partial charge on any atom is 0.338 e. The third-order valence-corrected chi connectivity index (χ3v) is 3.68. The van der Waals surface area contributed by atoms with Crippen molar-refractivity contribution >= 4 is 17.6 Å². The molecule has 0 aliphatic heterocycles. The van der Waals surface area contributed by atoms with E-state index in [1.54, 1.807) is 19.1 Å². The van der Waals surface area contributed by atoms with Crippen LogP contribution >= 0.6 is 0 Å². The number of nitrogens with two attached hydrogens (primary N) is 1. The summed E-state index contributed by atoms with van der Waals surface area (Å²) in [6.45, 7) is 6.71. The van der Waals surface area contributed by atoms with Gasteiger partial charge in [0.2, 0.25) is 0 Å². The minimum atomic E-state index is -0.316. The van der Waals surface area contributed by atoms with Gasteiger partial charge in [0.1, 0.15) is 0 Å². The zero-order chi connectivity index (χ0) is 17.5. The Morgan fingerprint density at radius 3 is 2.46 bits per heavy atom. The molecule has 3 N–H and O–H groups in total. The van der Waals surface area contributed by atoms with Gasteiger partial charge in [-0.15, -0.1) is 0 Å². The van der Waals surface area contributed by atoms with Crippen LogP contribution in [0.25, 0.3) is 0 Å². The number of hydrogen-bond donors (Lipinski definition) is 2. The molecule has 2 aromatic carbocycles. The van der Waals surface area contributed by atoms with Crippen molar-refractivity contribution in [3.8, 4) is 0 Å². The Morgan fingerprint density at radius 2 is 1.83 bits per heavy atom. The molecule has 5 nitrogen and oxygen atoms in total. The van der Waals surface area contributed by atoms with E-state index in [4.69, 9.17) is 10.5 Å². The van der Waals surface area contributed by atoms with Gasteiger partial charge in [-0.25, -0.2) is 9.79 Å². The molecular weight excluding hydrogens is 302 g/mol. The molecule has 0 heterocycles. The van der Waals surface area contributed by atoms with Crippen LogP contribution in [0.1, 0.15) is 34.0 Å². The second-order valence-electron chi connectivity index (χ2n) is 5.54. The predicted molar refractivity (Wildman–Crippen MR) is 97.3 cm³/mol. The maximum atomic E-state index is 11.6. The van der Waals surface area contributed by atoms with Crippen LogP contribution in [0.5, 0.6) is 0 Å². The molecule has 0 atom stereocenters. The Morgan fingerprint density at radius 1 is 1.12 bits per heavy atom. The number of rotatable bonds is 5. The van der Waals surface area contributed by atoms with Crippen LogP contribution in [0, 0.1) is 13.8 Å². The van der Waals surface area contributed by atoms with Crippen molar-refractivity contribution in [2.24, 2.45) is 10.7 Å². The molecule has 0 radical (unpaired) electrons. The Hall–Kier alpha value is -2.82. The third-order valence-electron chi connectivity index (χ3n) is 3.68. The molecule has 2 rings (SSSR count). The molecule has 0 amide bonds. The number of aryl methyl sites for hydroxylation is 2. The summed E-state index contributed by atoms with van der Waals surface area (Å²) in [7, 11) is 0. The Balaban J connectivity index is 1.96. The van der Waals surface area contributed by atoms with Crippen LogP contribution in [0.15, 0.2) is 47.5 Å². The van der Waals surface area contributed by atoms with Gasteiger partial charge >= 0.3 is 5.97 Å². The number of carbonyl (C=O) groups is 1. The molecule has 24 heavy (non-hydrogen) atoms. The normalized spacial score (nSPS) is 11.2. The summed E-state index contributed by atoms with van der Waals surface area (Å²) >= 11 is 0. The second-order valence-corrected chi connectivity index (χ2v) is 5.54. The van der Waals surface area contributed by atoms with Crippen molar-refractivity contribution in [3.05, 3.63) is 64.7 Å². The number of nitrogens with zero attached hydrogens (tertiary/aromatic N) is 1. The van der Waals surface area contributed by atoms with Crippen LogP contribution in [-0.4, -0.2) is 18.5 Å². The molecule has 126 valence electrons. The number of nitrogens with one attached hydrogen (secondary N) is 1. The first-order valence-electron chi connectivity index (χ1n) is 7.90. The Bertz CT molecular complexity index is 737. The number of carbonyl (C=O) groups excluding carboxylic acids is 1. The van der Waals surface area contributed by atoms with E-state index < -0.39 is 0 Å². The van der Waals surface area contributed by atoms with E-state index in [1.807, 2.05) is 30.3 Å². The van der Waals surface area contributed by atoms with Gasteiger partial charge in [0.25, 0.3) is 0 Å². The van der Waals surface area contributed by atoms with E-state index in [0.29, 0.717) is 24.7 Å². The van der Waals surface area contributed by atoms with Crippen molar-refractivity contribution in [1.29, 1.82) is 0 Å². The summed E-state index contributed by atoms with van der Waals surface area (Å²) in [5.41, 5.74) is 10.8. The summed E-state index contributed by atoms with van der Waals surface area (Å²) in [6, 6.07) is 13.2. The minimum Gasteiger partial charge on any atom is -0.462 e. The van der Waals surface area contributed by atoms with Gasteiger partial charge in [0.05, 0.1) is 18.7 Å². The summed E-state index contributed by atoms with van der Waals surface area (Å²) in [4.78, 5) is 15.9. The fraction of sp³-hybridized carbons (Fsp3) is 0.263. The highest BCUT2D eigenvalue weighted by Gasteiger charge is 2.05. The summed E-state index contributed by atoms with van der Waals surface area (Å²) in [6.07, 6.45) is 0. The molecular formula is C19H23N3O2. The zero-order valence-electron chi connectivity index (χ0n) is 14.3. The average molecular weight is 325 g/mol. The lowest BCUT2D eigenvalue weighted by atomic mass is 10.1. The van der Waals surface area contributed by atoms with Crippen LogP contribution in [0.2, 0.25) is 0 Å². The number of benzene rings is 2. The second kappa shape index (κ2) is 8.15. The van der Waals surface area contributed by atoms with Crippen molar-refractivity contribution in [2.45, 2.75) is 27.3 Å².